The van der Waals surface area contributed by atoms with Crippen LogP contribution in [-0.4, -0.2) is 42.2 Å². The van der Waals surface area contributed by atoms with Crippen molar-refractivity contribution in [3.8, 4) is 0 Å². The second kappa shape index (κ2) is 6.33. The van der Waals surface area contributed by atoms with Gasteiger partial charge in [-0.3, -0.25) is 4.79 Å². The van der Waals surface area contributed by atoms with E-state index in [1.165, 1.54) is 0 Å². The summed E-state index contributed by atoms with van der Waals surface area (Å²) in [5.74, 6) is -1.03. The monoisotopic (exact) mass is 292 g/mol. The van der Waals surface area contributed by atoms with E-state index >= 15 is 0 Å². The number of rotatable bonds is 3. The maximum absolute atomic E-state index is 12.8. The molecule has 0 radical (unpaired) electrons. The highest BCUT2D eigenvalue weighted by molar-refractivity contribution is 5.76. The lowest BCUT2D eigenvalue weighted by Gasteiger charge is -2.32. The first-order valence-corrected chi connectivity index (χ1v) is 7.50. The highest BCUT2D eigenvalue weighted by atomic mass is 19.4. The van der Waals surface area contributed by atoms with Crippen molar-refractivity contribution in [1.82, 2.24) is 10.2 Å². The minimum atomic E-state index is -4.07. The molecule has 0 aromatic heterocycles. The van der Waals surface area contributed by atoms with Crippen LogP contribution in [0.2, 0.25) is 0 Å². The smallest absolute Gasteiger partial charge is 0.341 e. The number of hydrogen-bond acceptors (Lipinski definition) is 2. The molecule has 0 bridgehead atoms. The van der Waals surface area contributed by atoms with Crippen LogP contribution in [0.3, 0.4) is 0 Å². The molecular weight excluding hydrogens is 269 g/mol. The minimum absolute atomic E-state index is 0.0583. The Kier molecular flexibility index (Phi) is 4.94. The highest BCUT2D eigenvalue weighted by Gasteiger charge is 2.42. The normalized spacial score (nSPS) is 31.6. The van der Waals surface area contributed by atoms with E-state index in [2.05, 4.69) is 5.32 Å². The van der Waals surface area contributed by atoms with Gasteiger partial charge in [0, 0.05) is 31.6 Å². The Hall–Kier alpha value is -0.780. The van der Waals surface area contributed by atoms with Gasteiger partial charge in [-0.2, -0.15) is 13.2 Å². The van der Waals surface area contributed by atoms with Gasteiger partial charge in [0.05, 0.1) is 5.92 Å². The zero-order valence-electron chi connectivity index (χ0n) is 11.9. The van der Waals surface area contributed by atoms with Crippen LogP contribution >= 0.6 is 0 Å². The third-order valence-corrected chi connectivity index (χ3v) is 4.45. The van der Waals surface area contributed by atoms with Crippen molar-refractivity contribution in [3.05, 3.63) is 0 Å². The van der Waals surface area contributed by atoms with Gasteiger partial charge in [-0.15, -0.1) is 0 Å². The van der Waals surface area contributed by atoms with Crippen molar-refractivity contribution in [3.63, 3.8) is 0 Å². The molecule has 6 heteroatoms. The topological polar surface area (TPSA) is 32.3 Å². The van der Waals surface area contributed by atoms with Crippen LogP contribution in [0.4, 0.5) is 13.2 Å². The highest BCUT2D eigenvalue weighted by Crippen LogP contribution is 2.37. The molecule has 1 aliphatic heterocycles. The predicted molar refractivity (Wildman–Crippen MR) is 70.2 cm³/mol. The number of amides is 1. The van der Waals surface area contributed by atoms with Crippen molar-refractivity contribution >= 4 is 5.91 Å². The van der Waals surface area contributed by atoms with Crippen LogP contribution in [-0.2, 0) is 4.79 Å². The summed E-state index contributed by atoms with van der Waals surface area (Å²) in [5, 5.41) is 3.33. The fourth-order valence-corrected chi connectivity index (χ4v) is 3.32. The summed E-state index contributed by atoms with van der Waals surface area (Å²) in [6.45, 7) is 3.19. The summed E-state index contributed by atoms with van der Waals surface area (Å²) in [7, 11) is 0. The molecule has 3 nitrogen and oxygen atoms in total. The van der Waals surface area contributed by atoms with Gasteiger partial charge in [0.2, 0.25) is 5.91 Å². The lowest BCUT2D eigenvalue weighted by Crippen LogP contribution is -2.45. The number of likely N-dealkylation sites (tertiary alicyclic amines) is 1. The number of nitrogens with zero attached hydrogens (tertiary/aromatic N) is 1. The van der Waals surface area contributed by atoms with Crippen LogP contribution < -0.4 is 5.32 Å². The second-order valence-corrected chi connectivity index (χ2v) is 5.95. The summed E-state index contributed by atoms with van der Waals surface area (Å²) in [6, 6.07) is 0.0968. The van der Waals surface area contributed by atoms with Gasteiger partial charge in [-0.25, -0.2) is 0 Å². The van der Waals surface area contributed by atoms with Crippen molar-refractivity contribution < 1.29 is 18.0 Å². The number of hydrogen-bond donors (Lipinski definition) is 1. The van der Waals surface area contributed by atoms with E-state index < -0.39 is 12.1 Å². The summed E-state index contributed by atoms with van der Waals surface area (Å²) in [6.07, 6.45) is -0.850. The Bertz CT molecular complexity index is 346. The number of alkyl halides is 3. The predicted octanol–water partition coefficient (Wildman–Crippen LogP) is 2.71. The van der Waals surface area contributed by atoms with Crippen LogP contribution in [0, 0.1) is 5.92 Å². The molecule has 0 spiro atoms. The molecule has 2 aliphatic rings. The Labute approximate surface area is 117 Å². The van der Waals surface area contributed by atoms with Gasteiger partial charge in [0.25, 0.3) is 0 Å². The molecule has 0 aromatic carbocycles. The quantitative estimate of drug-likeness (QED) is 0.867. The average Bonchev–Trinajstić information content (AvgIpc) is 2.85. The molecule has 116 valence electrons. The molecule has 1 aliphatic carbocycles. The molecule has 1 saturated heterocycles. The fraction of sp³-hybridized carbons (Fsp3) is 0.929. The first-order valence-electron chi connectivity index (χ1n) is 7.50. The molecule has 1 saturated carbocycles. The zero-order chi connectivity index (χ0) is 14.8. The Morgan fingerprint density at radius 3 is 2.65 bits per heavy atom. The van der Waals surface area contributed by atoms with Crippen LogP contribution in [0.25, 0.3) is 0 Å². The lowest BCUT2D eigenvalue weighted by molar-refractivity contribution is -0.183. The first kappa shape index (κ1) is 15.6. The summed E-state index contributed by atoms with van der Waals surface area (Å²) in [4.78, 5) is 13.4. The standard InChI is InChI=1S/C14H23F3N2O/c1-2-13(20)19-7-6-12(9-19)18-11-5-3-4-10(8-11)14(15,16)17/h10-12,18H,2-9H2,1H3/t10-,11+,12+/m1/s1. The molecular formula is C14H23F3N2O. The maximum Gasteiger partial charge on any atom is 0.391 e. The summed E-state index contributed by atoms with van der Waals surface area (Å²) < 4.78 is 38.3. The zero-order valence-corrected chi connectivity index (χ0v) is 11.9. The van der Waals surface area contributed by atoms with Crippen LogP contribution in [0.1, 0.15) is 45.4 Å². The van der Waals surface area contributed by atoms with Gasteiger partial charge in [-0.1, -0.05) is 13.3 Å². The fourth-order valence-electron chi connectivity index (χ4n) is 3.32. The third-order valence-electron chi connectivity index (χ3n) is 4.45. The number of carbonyl (C=O) groups is 1. The Morgan fingerprint density at radius 1 is 1.25 bits per heavy atom. The van der Waals surface area contributed by atoms with Gasteiger partial charge < -0.3 is 10.2 Å². The molecule has 1 N–H and O–H groups in total. The molecule has 1 heterocycles. The summed E-state index contributed by atoms with van der Waals surface area (Å²) >= 11 is 0. The van der Waals surface area contributed by atoms with E-state index in [1.54, 1.807) is 0 Å². The van der Waals surface area contributed by atoms with Gasteiger partial charge in [0.1, 0.15) is 0 Å². The van der Waals surface area contributed by atoms with Gasteiger partial charge in [0.15, 0.2) is 0 Å². The van der Waals surface area contributed by atoms with E-state index in [4.69, 9.17) is 0 Å². The molecule has 2 fully saturated rings. The maximum atomic E-state index is 12.8. The van der Waals surface area contributed by atoms with Crippen LogP contribution in [0.15, 0.2) is 0 Å². The van der Waals surface area contributed by atoms with Crippen molar-refractivity contribution in [2.24, 2.45) is 5.92 Å². The van der Waals surface area contributed by atoms with E-state index in [9.17, 15) is 18.0 Å². The van der Waals surface area contributed by atoms with E-state index in [0.29, 0.717) is 19.4 Å². The first-order chi connectivity index (χ1) is 9.40. The Balaban J connectivity index is 1.81. The van der Waals surface area contributed by atoms with Crippen molar-refractivity contribution in [2.45, 2.75) is 63.7 Å². The molecule has 0 unspecified atom stereocenters. The largest absolute Gasteiger partial charge is 0.391 e. The minimum Gasteiger partial charge on any atom is -0.341 e. The Morgan fingerprint density at radius 2 is 2.00 bits per heavy atom. The molecule has 2 rings (SSSR count). The van der Waals surface area contributed by atoms with Crippen molar-refractivity contribution in [2.75, 3.05) is 13.1 Å². The third kappa shape index (κ3) is 3.87. The average molecular weight is 292 g/mol. The number of halogens is 3. The van der Waals surface area contributed by atoms with E-state index in [-0.39, 0.29) is 30.8 Å². The molecule has 1 amide bonds. The van der Waals surface area contributed by atoms with Gasteiger partial charge in [-0.05, 0) is 25.7 Å². The SMILES string of the molecule is CCC(=O)N1CC[C@H](N[C@H]2CCC[C@@H](C(F)(F)F)C2)C1. The lowest BCUT2D eigenvalue weighted by atomic mass is 9.85. The molecule has 3 atom stereocenters. The van der Waals surface area contributed by atoms with E-state index in [1.807, 2.05) is 11.8 Å². The van der Waals surface area contributed by atoms with Gasteiger partial charge >= 0.3 is 6.18 Å². The van der Waals surface area contributed by atoms with Crippen molar-refractivity contribution in [1.29, 1.82) is 0 Å². The second-order valence-electron chi connectivity index (χ2n) is 5.95. The van der Waals surface area contributed by atoms with E-state index in [0.717, 1.165) is 19.4 Å². The molecule has 0 aromatic rings. The summed E-state index contributed by atoms with van der Waals surface area (Å²) in [5.41, 5.74) is 0. The number of carbonyl (C=O) groups excluding carboxylic acids is 1. The molecule has 20 heavy (non-hydrogen) atoms. The van der Waals surface area contributed by atoms with Crippen LogP contribution in [0.5, 0.6) is 0 Å². The number of nitrogens with one attached hydrogen (secondary N) is 1.